The van der Waals surface area contributed by atoms with Gasteiger partial charge in [-0.25, -0.2) is 9.67 Å². The SMILES string of the molecule is CCN=C(NC1CCC1)NC1CCCn2nc(C)nc21.I. The van der Waals surface area contributed by atoms with Gasteiger partial charge in [-0.2, -0.15) is 5.10 Å². The first-order valence-corrected chi connectivity index (χ1v) is 7.75. The number of hydrogen-bond acceptors (Lipinski definition) is 3. The molecule has 0 aromatic carbocycles. The van der Waals surface area contributed by atoms with Crippen LogP contribution in [0.1, 0.15) is 56.7 Å². The van der Waals surface area contributed by atoms with Crippen molar-refractivity contribution in [3.05, 3.63) is 11.6 Å². The van der Waals surface area contributed by atoms with E-state index in [1.165, 1.54) is 19.3 Å². The molecule has 1 aliphatic carbocycles. The van der Waals surface area contributed by atoms with Gasteiger partial charge in [0.2, 0.25) is 0 Å². The van der Waals surface area contributed by atoms with Crippen LogP contribution in [0.15, 0.2) is 4.99 Å². The first-order valence-electron chi connectivity index (χ1n) is 7.75. The van der Waals surface area contributed by atoms with Gasteiger partial charge in [-0.1, -0.05) is 0 Å². The lowest BCUT2D eigenvalue weighted by Crippen LogP contribution is -2.48. The number of nitrogens with one attached hydrogen (secondary N) is 2. The molecule has 1 aliphatic heterocycles. The maximum Gasteiger partial charge on any atom is 0.192 e. The van der Waals surface area contributed by atoms with Crippen molar-refractivity contribution in [3.63, 3.8) is 0 Å². The number of fused-ring (bicyclic) bond motifs is 1. The molecule has 2 aliphatic rings. The van der Waals surface area contributed by atoms with E-state index >= 15 is 0 Å². The summed E-state index contributed by atoms with van der Waals surface area (Å²) in [4.78, 5) is 9.12. The van der Waals surface area contributed by atoms with Gasteiger partial charge in [-0.05, 0) is 46.0 Å². The van der Waals surface area contributed by atoms with Crippen LogP contribution in [0.25, 0.3) is 0 Å². The summed E-state index contributed by atoms with van der Waals surface area (Å²) in [6, 6.07) is 0.818. The highest BCUT2D eigenvalue weighted by Crippen LogP contribution is 2.23. The van der Waals surface area contributed by atoms with Crippen molar-refractivity contribution >= 4 is 29.9 Å². The number of hydrogen-bond donors (Lipinski definition) is 2. The minimum absolute atomic E-state index is 0. The summed E-state index contributed by atoms with van der Waals surface area (Å²) < 4.78 is 2.03. The van der Waals surface area contributed by atoms with E-state index in [0.717, 1.165) is 43.5 Å². The van der Waals surface area contributed by atoms with E-state index in [2.05, 4.69) is 32.6 Å². The third-order valence-electron chi connectivity index (χ3n) is 4.05. The van der Waals surface area contributed by atoms with Gasteiger partial charge < -0.3 is 10.6 Å². The summed E-state index contributed by atoms with van der Waals surface area (Å²) in [5, 5.41) is 11.5. The third kappa shape index (κ3) is 3.87. The zero-order chi connectivity index (χ0) is 13.9. The van der Waals surface area contributed by atoms with E-state index in [0.29, 0.717) is 6.04 Å². The minimum atomic E-state index is 0. The lowest BCUT2D eigenvalue weighted by atomic mass is 9.93. The molecule has 1 saturated carbocycles. The van der Waals surface area contributed by atoms with Crippen molar-refractivity contribution in [2.45, 2.75) is 64.6 Å². The fraction of sp³-hybridized carbons (Fsp3) is 0.786. The molecule has 0 saturated heterocycles. The molecule has 1 fully saturated rings. The Hall–Kier alpha value is -0.860. The molecule has 0 spiro atoms. The van der Waals surface area contributed by atoms with Crippen molar-refractivity contribution in [2.24, 2.45) is 4.99 Å². The highest BCUT2D eigenvalue weighted by atomic mass is 127. The lowest BCUT2D eigenvalue weighted by molar-refractivity contribution is 0.366. The predicted octanol–water partition coefficient (Wildman–Crippen LogP) is 2.15. The Morgan fingerprint density at radius 3 is 2.76 bits per heavy atom. The molecule has 1 atom stereocenters. The van der Waals surface area contributed by atoms with Gasteiger partial charge in [0.05, 0.1) is 6.04 Å². The monoisotopic (exact) mass is 404 g/mol. The molecule has 2 N–H and O–H groups in total. The van der Waals surface area contributed by atoms with Crippen molar-refractivity contribution in [2.75, 3.05) is 6.54 Å². The minimum Gasteiger partial charge on any atom is -0.354 e. The fourth-order valence-corrected chi connectivity index (χ4v) is 2.81. The Morgan fingerprint density at radius 1 is 1.29 bits per heavy atom. The van der Waals surface area contributed by atoms with Gasteiger partial charge in [0.25, 0.3) is 0 Å². The fourth-order valence-electron chi connectivity index (χ4n) is 2.81. The van der Waals surface area contributed by atoms with Crippen LogP contribution in [0.4, 0.5) is 0 Å². The number of aromatic nitrogens is 3. The van der Waals surface area contributed by atoms with Gasteiger partial charge in [-0.15, -0.1) is 24.0 Å². The summed E-state index contributed by atoms with van der Waals surface area (Å²) in [5.74, 6) is 2.83. The number of aliphatic imine (C=N–C) groups is 1. The standard InChI is InChI=1S/C14H24N6.HI/c1-3-15-14(17-11-6-4-7-11)18-12-8-5-9-20-13(12)16-10(2)19-20;/h11-12H,3-9H2,1-2H3,(H2,15,17,18);1H. The van der Waals surface area contributed by atoms with Crippen LogP contribution in [0.5, 0.6) is 0 Å². The smallest absolute Gasteiger partial charge is 0.192 e. The Bertz CT molecular complexity index is 494. The molecule has 0 radical (unpaired) electrons. The zero-order valence-electron chi connectivity index (χ0n) is 12.8. The molecule has 1 unspecified atom stereocenters. The molecular formula is C14H25IN6. The first kappa shape index (κ1) is 16.5. The molecule has 1 aromatic heterocycles. The topological polar surface area (TPSA) is 67.1 Å². The highest BCUT2D eigenvalue weighted by Gasteiger charge is 2.26. The van der Waals surface area contributed by atoms with Crippen molar-refractivity contribution < 1.29 is 0 Å². The number of nitrogens with zero attached hydrogens (tertiary/aromatic N) is 4. The third-order valence-corrected chi connectivity index (χ3v) is 4.05. The summed E-state index contributed by atoms with van der Waals surface area (Å²) in [6.07, 6.45) is 6.06. The average molecular weight is 404 g/mol. The molecule has 6 nitrogen and oxygen atoms in total. The molecule has 1 aromatic rings. The molecule has 118 valence electrons. The molecule has 21 heavy (non-hydrogen) atoms. The quantitative estimate of drug-likeness (QED) is 0.460. The second-order valence-electron chi connectivity index (χ2n) is 5.67. The second kappa shape index (κ2) is 7.42. The van der Waals surface area contributed by atoms with Gasteiger partial charge in [-0.3, -0.25) is 4.99 Å². The molecule has 0 amide bonds. The molecule has 7 heteroatoms. The van der Waals surface area contributed by atoms with E-state index < -0.39 is 0 Å². The Labute approximate surface area is 143 Å². The summed E-state index contributed by atoms with van der Waals surface area (Å²) in [6.45, 7) is 5.79. The summed E-state index contributed by atoms with van der Waals surface area (Å²) in [5.41, 5.74) is 0. The zero-order valence-corrected chi connectivity index (χ0v) is 15.1. The van der Waals surface area contributed by atoms with Crippen LogP contribution in [0.3, 0.4) is 0 Å². The number of aryl methyl sites for hydroxylation is 2. The number of guanidine groups is 1. The van der Waals surface area contributed by atoms with Crippen LogP contribution in [0, 0.1) is 6.92 Å². The maximum absolute atomic E-state index is 4.57. The number of halogens is 1. The molecule has 2 heterocycles. The summed E-state index contributed by atoms with van der Waals surface area (Å²) in [7, 11) is 0. The van der Waals surface area contributed by atoms with Gasteiger partial charge in [0, 0.05) is 19.1 Å². The molecule has 3 rings (SSSR count). The van der Waals surface area contributed by atoms with Gasteiger partial charge in [0.1, 0.15) is 11.6 Å². The average Bonchev–Trinajstić information content (AvgIpc) is 2.75. The molecule has 0 bridgehead atoms. The van der Waals surface area contributed by atoms with Crippen LogP contribution < -0.4 is 10.6 Å². The van der Waals surface area contributed by atoms with E-state index in [1.807, 2.05) is 11.6 Å². The van der Waals surface area contributed by atoms with Crippen LogP contribution in [0.2, 0.25) is 0 Å². The normalized spacial score (nSPS) is 22.0. The number of rotatable bonds is 3. The highest BCUT2D eigenvalue weighted by molar-refractivity contribution is 14.0. The lowest BCUT2D eigenvalue weighted by Gasteiger charge is -2.31. The maximum atomic E-state index is 4.57. The van der Waals surface area contributed by atoms with E-state index in [4.69, 9.17) is 0 Å². The van der Waals surface area contributed by atoms with E-state index in [1.54, 1.807) is 0 Å². The van der Waals surface area contributed by atoms with Crippen LogP contribution in [-0.2, 0) is 6.54 Å². The van der Waals surface area contributed by atoms with Crippen molar-refractivity contribution in [3.8, 4) is 0 Å². The van der Waals surface area contributed by atoms with E-state index in [9.17, 15) is 0 Å². The van der Waals surface area contributed by atoms with Gasteiger partial charge >= 0.3 is 0 Å². The Kier molecular flexibility index (Phi) is 5.83. The van der Waals surface area contributed by atoms with Crippen molar-refractivity contribution in [1.29, 1.82) is 0 Å². The van der Waals surface area contributed by atoms with Crippen molar-refractivity contribution in [1.82, 2.24) is 25.4 Å². The summed E-state index contributed by atoms with van der Waals surface area (Å²) >= 11 is 0. The second-order valence-corrected chi connectivity index (χ2v) is 5.67. The Morgan fingerprint density at radius 2 is 2.10 bits per heavy atom. The van der Waals surface area contributed by atoms with Gasteiger partial charge in [0.15, 0.2) is 5.96 Å². The molecular weight excluding hydrogens is 379 g/mol. The first-order chi connectivity index (χ1) is 9.76. The van der Waals surface area contributed by atoms with Crippen LogP contribution in [-0.4, -0.2) is 33.3 Å². The predicted molar refractivity (Wildman–Crippen MR) is 94.0 cm³/mol. The van der Waals surface area contributed by atoms with E-state index in [-0.39, 0.29) is 30.0 Å². The largest absolute Gasteiger partial charge is 0.354 e. The Balaban J connectivity index is 0.00000161. The van der Waals surface area contributed by atoms with Crippen LogP contribution >= 0.6 is 24.0 Å².